The van der Waals surface area contributed by atoms with Crippen molar-refractivity contribution in [3.63, 3.8) is 0 Å². The zero-order valence-electron chi connectivity index (χ0n) is 10.8. The van der Waals surface area contributed by atoms with Gasteiger partial charge in [0.25, 0.3) is 0 Å². The van der Waals surface area contributed by atoms with Crippen molar-refractivity contribution in [2.75, 3.05) is 13.7 Å². The maximum atomic E-state index is 6.21. The van der Waals surface area contributed by atoms with Crippen molar-refractivity contribution in [3.05, 3.63) is 64.2 Å². The standard InChI is InChI=1S/C16H16ClNO/c1-19-15-10-13-12(9-14(15)17)7-8-18-16(13)11-5-3-2-4-6-11/h2-6,9-10,16,18H,7-8H2,1H3. The van der Waals surface area contributed by atoms with Crippen molar-refractivity contribution < 1.29 is 4.74 Å². The Morgan fingerprint density at radius 1 is 1.21 bits per heavy atom. The first-order valence-electron chi connectivity index (χ1n) is 6.44. The van der Waals surface area contributed by atoms with Gasteiger partial charge in [-0.1, -0.05) is 41.9 Å². The Hall–Kier alpha value is -1.51. The van der Waals surface area contributed by atoms with Crippen molar-refractivity contribution in [2.45, 2.75) is 12.5 Å². The number of hydrogen-bond acceptors (Lipinski definition) is 2. The molecule has 0 spiro atoms. The molecule has 98 valence electrons. The number of nitrogens with one attached hydrogen (secondary N) is 1. The number of halogens is 1. The van der Waals surface area contributed by atoms with Gasteiger partial charge >= 0.3 is 0 Å². The summed E-state index contributed by atoms with van der Waals surface area (Å²) >= 11 is 6.21. The molecule has 0 fully saturated rings. The molecule has 0 saturated carbocycles. The topological polar surface area (TPSA) is 21.3 Å². The van der Waals surface area contributed by atoms with Crippen LogP contribution >= 0.6 is 11.6 Å². The molecular formula is C16H16ClNO. The SMILES string of the molecule is COc1cc2c(cc1Cl)CCNC2c1ccccc1. The van der Waals surface area contributed by atoms with Crippen LogP contribution in [-0.4, -0.2) is 13.7 Å². The lowest BCUT2D eigenvalue weighted by molar-refractivity contribution is 0.413. The second-order valence-electron chi connectivity index (χ2n) is 4.73. The van der Waals surface area contributed by atoms with Crippen molar-refractivity contribution in [1.29, 1.82) is 0 Å². The van der Waals surface area contributed by atoms with E-state index in [0.717, 1.165) is 18.7 Å². The molecule has 1 heterocycles. The Morgan fingerprint density at radius 2 is 2.00 bits per heavy atom. The average molecular weight is 274 g/mol. The maximum Gasteiger partial charge on any atom is 0.137 e. The van der Waals surface area contributed by atoms with E-state index in [1.807, 2.05) is 12.1 Å². The molecule has 3 heteroatoms. The fourth-order valence-corrected chi connectivity index (χ4v) is 2.92. The second-order valence-corrected chi connectivity index (χ2v) is 5.14. The van der Waals surface area contributed by atoms with E-state index in [0.29, 0.717) is 5.02 Å². The van der Waals surface area contributed by atoms with Crippen LogP contribution in [0.15, 0.2) is 42.5 Å². The normalized spacial score (nSPS) is 17.9. The van der Waals surface area contributed by atoms with Gasteiger partial charge in [0.15, 0.2) is 0 Å². The molecule has 0 radical (unpaired) electrons. The lowest BCUT2D eigenvalue weighted by Gasteiger charge is -2.28. The lowest BCUT2D eigenvalue weighted by atomic mass is 9.90. The summed E-state index contributed by atoms with van der Waals surface area (Å²) in [6.07, 6.45) is 1.00. The Labute approximate surface area is 118 Å². The first kappa shape index (κ1) is 12.5. The lowest BCUT2D eigenvalue weighted by Crippen LogP contribution is -2.30. The highest BCUT2D eigenvalue weighted by Crippen LogP contribution is 2.35. The van der Waals surface area contributed by atoms with E-state index >= 15 is 0 Å². The summed E-state index contributed by atoms with van der Waals surface area (Å²) in [4.78, 5) is 0. The van der Waals surface area contributed by atoms with E-state index in [9.17, 15) is 0 Å². The summed E-state index contributed by atoms with van der Waals surface area (Å²) < 4.78 is 5.34. The summed E-state index contributed by atoms with van der Waals surface area (Å²) in [5.41, 5.74) is 3.84. The van der Waals surface area contributed by atoms with Crippen LogP contribution in [0.5, 0.6) is 5.75 Å². The van der Waals surface area contributed by atoms with Gasteiger partial charge in [0.1, 0.15) is 5.75 Å². The van der Waals surface area contributed by atoms with Gasteiger partial charge in [-0.2, -0.15) is 0 Å². The Kier molecular flexibility index (Phi) is 3.45. The van der Waals surface area contributed by atoms with Crippen LogP contribution in [0.3, 0.4) is 0 Å². The van der Waals surface area contributed by atoms with Gasteiger partial charge in [-0.3, -0.25) is 0 Å². The Morgan fingerprint density at radius 3 is 2.74 bits per heavy atom. The smallest absolute Gasteiger partial charge is 0.137 e. The molecule has 1 aliphatic heterocycles. The molecule has 2 aromatic rings. The minimum Gasteiger partial charge on any atom is -0.495 e. The first-order chi connectivity index (χ1) is 9.29. The molecule has 19 heavy (non-hydrogen) atoms. The molecular weight excluding hydrogens is 258 g/mol. The third kappa shape index (κ3) is 2.34. The van der Waals surface area contributed by atoms with Crippen LogP contribution in [0.25, 0.3) is 0 Å². The van der Waals surface area contributed by atoms with E-state index < -0.39 is 0 Å². The monoisotopic (exact) mass is 273 g/mol. The summed E-state index contributed by atoms with van der Waals surface area (Å²) in [6, 6.07) is 14.8. The van der Waals surface area contributed by atoms with Gasteiger partial charge in [0, 0.05) is 6.54 Å². The number of ether oxygens (including phenoxy) is 1. The maximum absolute atomic E-state index is 6.21. The molecule has 0 saturated heterocycles. The summed E-state index contributed by atoms with van der Waals surface area (Å²) in [6.45, 7) is 0.967. The highest BCUT2D eigenvalue weighted by Gasteiger charge is 2.22. The number of hydrogen-bond donors (Lipinski definition) is 1. The van der Waals surface area contributed by atoms with Gasteiger partial charge < -0.3 is 10.1 Å². The minimum atomic E-state index is 0.219. The van der Waals surface area contributed by atoms with Crippen LogP contribution < -0.4 is 10.1 Å². The predicted molar refractivity (Wildman–Crippen MR) is 78.0 cm³/mol. The summed E-state index contributed by atoms with van der Waals surface area (Å²) in [5, 5.41) is 4.25. The largest absolute Gasteiger partial charge is 0.495 e. The van der Waals surface area contributed by atoms with Crippen LogP contribution in [0.2, 0.25) is 5.02 Å². The van der Waals surface area contributed by atoms with Crippen LogP contribution in [-0.2, 0) is 6.42 Å². The predicted octanol–water partition coefficient (Wildman–Crippen LogP) is 3.58. The van der Waals surface area contributed by atoms with Crippen LogP contribution in [0.1, 0.15) is 22.7 Å². The Bertz CT molecular complexity index is 583. The number of rotatable bonds is 2. The van der Waals surface area contributed by atoms with E-state index in [4.69, 9.17) is 16.3 Å². The number of fused-ring (bicyclic) bond motifs is 1. The van der Waals surface area contributed by atoms with Gasteiger partial charge in [-0.05, 0) is 35.2 Å². The highest BCUT2D eigenvalue weighted by molar-refractivity contribution is 6.32. The Balaban J connectivity index is 2.09. The third-order valence-corrected chi connectivity index (χ3v) is 3.90. The molecule has 1 N–H and O–H groups in total. The molecule has 2 aromatic carbocycles. The molecule has 3 rings (SSSR count). The average Bonchev–Trinajstić information content (AvgIpc) is 2.46. The zero-order valence-corrected chi connectivity index (χ0v) is 11.6. The van der Waals surface area contributed by atoms with E-state index in [2.05, 4.69) is 35.6 Å². The van der Waals surface area contributed by atoms with Gasteiger partial charge in [0.05, 0.1) is 18.2 Å². The summed E-state index contributed by atoms with van der Waals surface area (Å²) in [5.74, 6) is 0.741. The minimum absolute atomic E-state index is 0.219. The van der Waals surface area contributed by atoms with Crippen molar-refractivity contribution >= 4 is 11.6 Å². The summed E-state index contributed by atoms with van der Waals surface area (Å²) in [7, 11) is 1.65. The third-order valence-electron chi connectivity index (χ3n) is 3.60. The van der Waals surface area contributed by atoms with Crippen molar-refractivity contribution in [2.24, 2.45) is 0 Å². The van der Waals surface area contributed by atoms with E-state index in [1.54, 1.807) is 7.11 Å². The van der Waals surface area contributed by atoms with Crippen molar-refractivity contribution in [3.8, 4) is 5.75 Å². The van der Waals surface area contributed by atoms with Gasteiger partial charge in [-0.25, -0.2) is 0 Å². The number of benzene rings is 2. The molecule has 0 aliphatic carbocycles. The van der Waals surface area contributed by atoms with Gasteiger partial charge in [-0.15, -0.1) is 0 Å². The van der Waals surface area contributed by atoms with Crippen molar-refractivity contribution in [1.82, 2.24) is 5.32 Å². The second kappa shape index (κ2) is 5.24. The zero-order chi connectivity index (χ0) is 13.2. The van der Waals surface area contributed by atoms with Crippen LogP contribution in [0.4, 0.5) is 0 Å². The fourth-order valence-electron chi connectivity index (χ4n) is 2.66. The fraction of sp³-hybridized carbons (Fsp3) is 0.250. The quantitative estimate of drug-likeness (QED) is 0.903. The van der Waals surface area contributed by atoms with Crippen LogP contribution in [0, 0.1) is 0 Å². The number of methoxy groups -OCH3 is 1. The van der Waals surface area contributed by atoms with E-state index in [-0.39, 0.29) is 6.04 Å². The molecule has 0 aromatic heterocycles. The molecule has 1 aliphatic rings. The molecule has 0 bridgehead atoms. The highest BCUT2D eigenvalue weighted by atomic mass is 35.5. The van der Waals surface area contributed by atoms with Gasteiger partial charge in [0.2, 0.25) is 0 Å². The molecule has 0 amide bonds. The van der Waals surface area contributed by atoms with E-state index in [1.165, 1.54) is 16.7 Å². The molecule has 2 nitrogen and oxygen atoms in total. The molecule has 1 atom stereocenters. The molecule has 1 unspecified atom stereocenters. The first-order valence-corrected chi connectivity index (χ1v) is 6.82.